The third-order valence-corrected chi connectivity index (χ3v) is 2.92. The van der Waals surface area contributed by atoms with Gasteiger partial charge in [-0.2, -0.15) is 0 Å². The summed E-state index contributed by atoms with van der Waals surface area (Å²) in [4.78, 5) is 22.3. The molecule has 0 radical (unpaired) electrons. The van der Waals surface area contributed by atoms with Crippen molar-refractivity contribution in [3.63, 3.8) is 0 Å². The second kappa shape index (κ2) is 6.70. The number of carbonyl (C=O) groups is 1. The van der Waals surface area contributed by atoms with Gasteiger partial charge in [-0.05, 0) is 18.6 Å². The average molecular weight is 336 g/mol. The van der Waals surface area contributed by atoms with Crippen molar-refractivity contribution in [2.45, 2.75) is 18.2 Å². The Kier molecular flexibility index (Phi) is 5.55. The number of nitrogens with one attached hydrogen (secondary N) is 1. The molecule has 5 nitrogen and oxygen atoms in total. The van der Waals surface area contributed by atoms with Gasteiger partial charge in [-0.3, -0.25) is 14.9 Å². The molecular formula is C11H12BrClN2O3. The molecule has 0 spiro atoms. The van der Waals surface area contributed by atoms with E-state index < -0.39 is 10.8 Å². The Bertz CT molecular complexity index is 466. The lowest BCUT2D eigenvalue weighted by Gasteiger charge is -2.07. The van der Waals surface area contributed by atoms with Gasteiger partial charge in [0.15, 0.2) is 0 Å². The number of halogens is 2. The summed E-state index contributed by atoms with van der Waals surface area (Å²) in [6.07, 6.45) is 0.743. The van der Waals surface area contributed by atoms with Crippen molar-refractivity contribution >= 4 is 39.1 Å². The Morgan fingerprint density at radius 3 is 2.83 bits per heavy atom. The first-order valence-corrected chi connectivity index (χ1v) is 6.57. The van der Waals surface area contributed by atoms with Gasteiger partial charge in [0.1, 0.15) is 5.56 Å². The number of carbonyl (C=O) groups excluding carboxylic acids is 1. The zero-order chi connectivity index (χ0) is 13.7. The van der Waals surface area contributed by atoms with Crippen molar-refractivity contribution in [3.05, 3.63) is 38.9 Å². The fourth-order valence-electron chi connectivity index (χ4n) is 1.33. The number of alkyl halides is 1. The van der Waals surface area contributed by atoms with Crippen LogP contribution in [-0.4, -0.2) is 22.2 Å². The normalized spacial score (nSPS) is 11.9. The highest BCUT2D eigenvalue weighted by Gasteiger charge is 2.20. The van der Waals surface area contributed by atoms with E-state index in [9.17, 15) is 14.9 Å². The predicted octanol–water partition coefficient (Wildman–Crippen LogP) is 3.15. The van der Waals surface area contributed by atoms with Crippen molar-refractivity contribution in [1.29, 1.82) is 0 Å². The van der Waals surface area contributed by atoms with Crippen LogP contribution in [0.5, 0.6) is 0 Å². The highest BCUT2D eigenvalue weighted by molar-refractivity contribution is 9.09. The third kappa shape index (κ3) is 4.27. The fraction of sp³-hybridized carbons (Fsp3) is 0.364. The Labute approximate surface area is 118 Å². The van der Waals surface area contributed by atoms with E-state index in [4.69, 9.17) is 11.6 Å². The number of benzene rings is 1. The molecule has 1 aromatic rings. The lowest BCUT2D eigenvalue weighted by Crippen LogP contribution is -2.26. The maximum atomic E-state index is 11.8. The molecule has 98 valence electrons. The first-order chi connectivity index (χ1) is 8.41. The molecule has 0 aliphatic rings. The number of hydrogen-bond donors (Lipinski definition) is 1. The second-order valence-corrected chi connectivity index (χ2v) is 5.74. The van der Waals surface area contributed by atoms with Crippen LogP contribution in [-0.2, 0) is 0 Å². The Hall–Kier alpha value is -1.14. The predicted molar refractivity (Wildman–Crippen MR) is 73.4 cm³/mol. The Morgan fingerprint density at radius 1 is 1.61 bits per heavy atom. The summed E-state index contributed by atoms with van der Waals surface area (Å²) in [6.45, 7) is 2.40. The first-order valence-electron chi connectivity index (χ1n) is 5.28. The van der Waals surface area contributed by atoms with Crippen LogP contribution in [0.4, 0.5) is 5.69 Å². The molecule has 0 aromatic heterocycles. The van der Waals surface area contributed by atoms with Gasteiger partial charge in [0.05, 0.1) is 4.92 Å². The fourth-order valence-corrected chi connectivity index (χ4v) is 1.72. The maximum Gasteiger partial charge on any atom is 0.283 e. The molecule has 18 heavy (non-hydrogen) atoms. The molecule has 7 heteroatoms. The van der Waals surface area contributed by atoms with E-state index in [2.05, 4.69) is 21.2 Å². The van der Waals surface area contributed by atoms with Gasteiger partial charge in [0.2, 0.25) is 0 Å². The highest BCUT2D eigenvalue weighted by Crippen LogP contribution is 2.23. The van der Waals surface area contributed by atoms with Crippen molar-refractivity contribution < 1.29 is 9.72 Å². The summed E-state index contributed by atoms with van der Waals surface area (Å²) in [6, 6.07) is 3.98. The van der Waals surface area contributed by atoms with E-state index >= 15 is 0 Å². The summed E-state index contributed by atoms with van der Waals surface area (Å²) in [5.41, 5.74) is -0.265. The number of nitrogens with zero attached hydrogens (tertiary/aromatic N) is 1. The summed E-state index contributed by atoms with van der Waals surface area (Å²) in [5, 5.41) is 13.7. The van der Waals surface area contributed by atoms with Gasteiger partial charge in [-0.25, -0.2) is 0 Å². The van der Waals surface area contributed by atoms with E-state index in [-0.39, 0.29) is 21.1 Å². The average Bonchev–Trinajstić information content (AvgIpc) is 2.28. The first kappa shape index (κ1) is 14.9. The van der Waals surface area contributed by atoms with E-state index in [0.717, 1.165) is 6.42 Å². The van der Waals surface area contributed by atoms with E-state index in [1.54, 1.807) is 0 Å². The minimum Gasteiger partial charge on any atom is -0.352 e. The molecule has 0 saturated carbocycles. The SMILES string of the molecule is CC(Br)CCNC(=O)c1ccc(Cl)cc1[N+](=O)[O-]. The lowest BCUT2D eigenvalue weighted by atomic mass is 10.1. The largest absolute Gasteiger partial charge is 0.352 e. The molecule has 1 unspecified atom stereocenters. The van der Waals surface area contributed by atoms with Gasteiger partial charge >= 0.3 is 0 Å². The molecule has 0 aliphatic heterocycles. The zero-order valence-electron chi connectivity index (χ0n) is 9.65. The van der Waals surface area contributed by atoms with Crippen molar-refractivity contribution in [2.24, 2.45) is 0 Å². The minimum atomic E-state index is -0.617. The number of rotatable bonds is 5. The standard InChI is InChI=1S/C11H12BrClN2O3/c1-7(12)4-5-14-11(16)9-3-2-8(13)6-10(9)15(17)18/h2-3,6-7H,4-5H2,1H3,(H,14,16). The molecular weight excluding hydrogens is 323 g/mol. The molecule has 0 fully saturated rings. The van der Waals surface area contributed by atoms with Crippen LogP contribution in [0.15, 0.2) is 18.2 Å². The third-order valence-electron chi connectivity index (χ3n) is 2.23. The zero-order valence-corrected chi connectivity index (χ0v) is 12.0. The molecule has 1 rings (SSSR count). The second-order valence-electron chi connectivity index (χ2n) is 3.74. The van der Waals surface area contributed by atoms with E-state index in [1.165, 1.54) is 18.2 Å². The lowest BCUT2D eigenvalue weighted by molar-refractivity contribution is -0.385. The summed E-state index contributed by atoms with van der Waals surface area (Å²) in [5.74, 6) is -0.466. The summed E-state index contributed by atoms with van der Waals surface area (Å²) in [7, 11) is 0. The van der Waals surface area contributed by atoms with Gasteiger partial charge < -0.3 is 5.32 Å². The van der Waals surface area contributed by atoms with E-state index in [0.29, 0.717) is 6.54 Å². The molecule has 1 N–H and O–H groups in total. The van der Waals surface area contributed by atoms with Crippen molar-refractivity contribution in [1.82, 2.24) is 5.32 Å². The number of hydrogen-bond acceptors (Lipinski definition) is 3. The topological polar surface area (TPSA) is 72.2 Å². The smallest absolute Gasteiger partial charge is 0.283 e. The van der Waals surface area contributed by atoms with Crippen molar-refractivity contribution in [3.8, 4) is 0 Å². The van der Waals surface area contributed by atoms with Crippen LogP contribution in [0.3, 0.4) is 0 Å². The maximum absolute atomic E-state index is 11.8. The van der Waals surface area contributed by atoms with Crippen LogP contribution in [0.1, 0.15) is 23.7 Å². The van der Waals surface area contributed by atoms with Crippen LogP contribution < -0.4 is 5.32 Å². The molecule has 1 aromatic carbocycles. The number of nitro benzene ring substituents is 1. The van der Waals surface area contributed by atoms with Gasteiger partial charge in [0, 0.05) is 22.5 Å². The molecule has 1 amide bonds. The van der Waals surface area contributed by atoms with Crippen molar-refractivity contribution in [2.75, 3.05) is 6.54 Å². The quantitative estimate of drug-likeness (QED) is 0.510. The highest BCUT2D eigenvalue weighted by atomic mass is 79.9. The van der Waals surface area contributed by atoms with Gasteiger partial charge in [0.25, 0.3) is 11.6 Å². The molecule has 0 heterocycles. The monoisotopic (exact) mass is 334 g/mol. The minimum absolute atomic E-state index is 0.0200. The van der Waals surface area contributed by atoms with Crippen LogP contribution >= 0.6 is 27.5 Å². The number of amides is 1. The Morgan fingerprint density at radius 2 is 2.28 bits per heavy atom. The van der Waals surface area contributed by atoms with Crippen LogP contribution in [0.25, 0.3) is 0 Å². The molecule has 1 atom stereocenters. The van der Waals surface area contributed by atoms with Gasteiger partial charge in [-0.1, -0.05) is 34.5 Å². The Balaban J connectivity index is 2.82. The summed E-state index contributed by atoms with van der Waals surface area (Å²) < 4.78 is 0. The summed E-state index contributed by atoms with van der Waals surface area (Å²) >= 11 is 9.02. The molecule has 0 saturated heterocycles. The van der Waals surface area contributed by atoms with Gasteiger partial charge in [-0.15, -0.1) is 0 Å². The molecule has 0 bridgehead atoms. The van der Waals surface area contributed by atoms with E-state index in [1.807, 2.05) is 6.92 Å². The molecule has 0 aliphatic carbocycles. The van der Waals surface area contributed by atoms with Crippen LogP contribution in [0, 0.1) is 10.1 Å². The van der Waals surface area contributed by atoms with Crippen LogP contribution in [0.2, 0.25) is 5.02 Å². The number of nitro groups is 1.